The highest BCUT2D eigenvalue weighted by atomic mass is 16.5. The molecule has 1 atom stereocenters. The van der Waals surface area contributed by atoms with E-state index in [1.807, 2.05) is 36.7 Å². The normalized spacial score (nSPS) is 17.4. The minimum atomic E-state index is -0.0714. The zero-order chi connectivity index (χ0) is 21.8. The summed E-state index contributed by atoms with van der Waals surface area (Å²) in [6.07, 6.45) is 9.62. The van der Waals surface area contributed by atoms with E-state index in [2.05, 4.69) is 25.8 Å². The van der Waals surface area contributed by atoms with E-state index >= 15 is 0 Å². The summed E-state index contributed by atoms with van der Waals surface area (Å²) in [6.45, 7) is 2.55. The molecule has 0 spiro atoms. The van der Waals surface area contributed by atoms with Crippen LogP contribution in [0.3, 0.4) is 0 Å². The van der Waals surface area contributed by atoms with Crippen LogP contribution in [-0.4, -0.2) is 47.0 Å². The zero-order valence-electron chi connectivity index (χ0n) is 17.9. The quantitative estimate of drug-likeness (QED) is 0.528. The molecule has 3 aromatic rings. The summed E-state index contributed by atoms with van der Waals surface area (Å²) in [6, 6.07) is 7.67. The number of hydrogen-bond donors (Lipinski definition) is 3. The van der Waals surface area contributed by atoms with Crippen LogP contribution >= 0.6 is 0 Å². The molecule has 1 amide bonds. The number of nitrogens with zero attached hydrogens (tertiary/aromatic N) is 2. The standard InChI is InChI=1S/C24H27N5O3/c30-24(27-14-19-6-1-2-8-31-19)17-5-3-4-16(10-17)11-25-23-20-7-9-32-22(20)21(15-26-23)18-12-28-29-13-18/h3-5,10,12-13,15,19H,1-2,6-9,11,14H2,(H,25,26)(H,27,30)(H,28,29). The fraction of sp³-hybridized carbons (Fsp3) is 0.375. The SMILES string of the molecule is O=C(NCC1CCCCO1)c1cccc(CNc2ncc(-c3cn[nH]c3)c3c2CCO3)c1. The largest absolute Gasteiger partial charge is 0.492 e. The van der Waals surface area contributed by atoms with E-state index in [0.29, 0.717) is 25.3 Å². The van der Waals surface area contributed by atoms with Crippen LogP contribution in [0.1, 0.15) is 40.7 Å². The van der Waals surface area contributed by atoms with Gasteiger partial charge < -0.3 is 20.1 Å². The van der Waals surface area contributed by atoms with Gasteiger partial charge in [0, 0.05) is 60.8 Å². The lowest BCUT2D eigenvalue weighted by atomic mass is 10.1. The summed E-state index contributed by atoms with van der Waals surface area (Å²) in [5.41, 5.74) is 4.64. The Kier molecular flexibility index (Phi) is 6.02. The number of aromatic nitrogens is 3. The highest BCUT2D eigenvalue weighted by Crippen LogP contribution is 2.39. The van der Waals surface area contributed by atoms with Crippen molar-refractivity contribution in [3.05, 3.63) is 59.5 Å². The number of aromatic amines is 1. The average Bonchev–Trinajstić information content (AvgIpc) is 3.55. The number of carbonyl (C=O) groups excluding carboxylic acids is 1. The molecular formula is C24H27N5O3. The molecule has 5 rings (SSSR count). The molecule has 8 heteroatoms. The fourth-order valence-corrected chi connectivity index (χ4v) is 4.23. The molecule has 3 N–H and O–H groups in total. The van der Waals surface area contributed by atoms with E-state index in [4.69, 9.17) is 9.47 Å². The van der Waals surface area contributed by atoms with Gasteiger partial charge in [-0.3, -0.25) is 9.89 Å². The lowest BCUT2D eigenvalue weighted by Crippen LogP contribution is -2.35. The second-order valence-electron chi connectivity index (χ2n) is 8.17. The van der Waals surface area contributed by atoms with Gasteiger partial charge in [-0.1, -0.05) is 12.1 Å². The predicted octanol–water partition coefficient (Wildman–Crippen LogP) is 3.32. The Hall–Kier alpha value is -3.39. The first-order valence-electron chi connectivity index (χ1n) is 11.1. The number of benzene rings is 1. The van der Waals surface area contributed by atoms with Crippen LogP contribution in [0.2, 0.25) is 0 Å². The second kappa shape index (κ2) is 9.40. The van der Waals surface area contributed by atoms with Crippen molar-refractivity contribution in [2.45, 2.75) is 38.3 Å². The number of H-pyrrole nitrogens is 1. The van der Waals surface area contributed by atoms with Crippen LogP contribution in [0.25, 0.3) is 11.1 Å². The molecule has 0 radical (unpaired) electrons. The first-order valence-corrected chi connectivity index (χ1v) is 11.1. The molecule has 166 valence electrons. The minimum Gasteiger partial charge on any atom is -0.492 e. The van der Waals surface area contributed by atoms with Crippen molar-refractivity contribution in [2.24, 2.45) is 0 Å². The van der Waals surface area contributed by atoms with E-state index in [0.717, 1.165) is 66.1 Å². The third-order valence-corrected chi connectivity index (χ3v) is 5.95. The van der Waals surface area contributed by atoms with E-state index in [-0.39, 0.29) is 12.0 Å². The summed E-state index contributed by atoms with van der Waals surface area (Å²) in [5, 5.41) is 13.3. The van der Waals surface area contributed by atoms with Crippen LogP contribution < -0.4 is 15.4 Å². The van der Waals surface area contributed by atoms with Gasteiger partial charge in [-0.2, -0.15) is 5.10 Å². The number of rotatable bonds is 7. The minimum absolute atomic E-state index is 0.0714. The third-order valence-electron chi connectivity index (χ3n) is 5.95. The summed E-state index contributed by atoms with van der Waals surface area (Å²) < 4.78 is 11.6. The lowest BCUT2D eigenvalue weighted by Gasteiger charge is -2.22. The molecule has 1 fully saturated rings. The molecule has 1 saturated heterocycles. The van der Waals surface area contributed by atoms with Crippen LogP contribution in [-0.2, 0) is 17.7 Å². The summed E-state index contributed by atoms with van der Waals surface area (Å²) in [5.74, 6) is 1.61. The van der Waals surface area contributed by atoms with Crippen molar-refractivity contribution < 1.29 is 14.3 Å². The summed E-state index contributed by atoms with van der Waals surface area (Å²) in [4.78, 5) is 17.2. The van der Waals surface area contributed by atoms with Gasteiger partial charge in [0.1, 0.15) is 11.6 Å². The molecule has 4 heterocycles. The van der Waals surface area contributed by atoms with Gasteiger partial charge in [0.15, 0.2) is 0 Å². The van der Waals surface area contributed by atoms with E-state index in [1.165, 1.54) is 0 Å². The molecule has 32 heavy (non-hydrogen) atoms. The molecule has 0 saturated carbocycles. The molecule has 8 nitrogen and oxygen atoms in total. The van der Waals surface area contributed by atoms with Crippen LogP contribution in [0.5, 0.6) is 5.75 Å². The van der Waals surface area contributed by atoms with Gasteiger partial charge in [0.2, 0.25) is 0 Å². The Balaban J connectivity index is 1.24. The van der Waals surface area contributed by atoms with Gasteiger partial charge in [-0.15, -0.1) is 0 Å². The van der Waals surface area contributed by atoms with Crippen LogP contribution in [0.4, 0.5) is 5.82 Å². The Bertz CT molecular complexity index is 1080. The van der Waals surface area contributed by atoms with Crippen molar-refractivity contribution in [2.75, 3.05) is 25.1 Å². The van der Waals surface area contributed by atoms with E-state index in [1.54, 1.807) is 6.20 Å². The number of amides is 1. The Morgan fingerprint density at radius 3 is 3.03 bits per heavy atom. The Labute approximate surface area is 186 Å². The fourth-order valence-electron chi connectivity index (χ4n) is 4.23. The van der Waals surface area contributed by atoms with E-state index < -0.39 is 0 Å². The predicted molar refractivity (Wildman–Crippen MR) is 121 cm³/mol. The summed E-state index contributed by atoms with van der Waals surface area (Å²) >= 11 is 0. The molecular weight excluding hydrogens is 406 g/mol. The monoisotopic (exact) mass is 433 g/mol. The van der Waals surface area contributed by atoms with Crippen molar-refractivity contribution in [3.63, 3.8) is 0 Å². The maximum absolute atomic E-state index is 12.6. The van der Waals surface area contributed by atoms with Crippen LogP contribution in [0.15, 0.2) is 42.9 Å². The van der Waals surface area contributed by atoms with Crippen LogP contribution in [0, 0.1) is 0 Å². The average molecular weight is 434 g/mol. The number of anilines is 1. The molecule has 2 aliphatic rings. The van der Waals surface area contributed by atoms with Gasteiger partial charge in [0.25, 0.3) is 5.91 Å². The summed E-state index contributed by atoms with van der Waals surface area (Å²) in [7, 11) is 0. The Morgan fingerprint density at radius 2 is 2.19 bits per heavy atom. The van der Waals surface area contributed by atoms with Gasteiger partial charge >= 0.3 is 0 Å². The highest BCUT2D eigenvalue weighted by molar-refractivity contribution is 5.94. The maximum Gasteiger partial charge on any atom is 0.251 e. The van der Waals surface area contributed by atoms with Crippen molar-refractivity contribution in [1.82, 2.24) is 20.5 Å². The van der Waals surface area contributed by atoms with Gasteiger partial charge in [-0.05, 0) is 37.0 Å². The second-order valence-corrected chi connectivity index (χ2v) is 8.17. The number of ether oxygens (including phenoxy) is 2. The van der Waals surface area contributed by atoms with Gasteiger partial charge in [-0.25, -0.2) is 4.98 Å². The van der Waals surface area contributed by atoms with Crippen molar-refractivity contribution in [1.29, 1.82) is 0 Å². The molecule has 0 bridgehead atoms. The number of fused-ring (bicyclic) bond motifs is 1. The topological polar surface area (TPSA) is 101 Å². The number of carbonyl (C=O) groups is 1. The highest BCUT2D eigenvalue weighted by Gasteiger charge is 2.23. The molecule has 2 aliphatic heterocycles. The first-order chi connectivity index (χ1) is 15.8. The smallest absolute Gasteiger partial charge is 0.251 e. The molecule has 0 aliphatic carbocycles. The van der Waals surface area contributed by atoms with Crippen molar-refractivity contribution in [3.8, 4) is 16.9 Å². The van der Waals surface area contributed by atoms with E-state index in [9.17, 15) is 4.79 Å². The number of pyridine rings is 1. The number of nitrogens with one attached hydrogen (secondary N) is 3. The third kappa shape index (κ3) is 4.45. The Morgan fingerprint density at radius 1 is 1.22 bits per heavy atom. The molecule has 1 unspecified atom stereocenters. The lowest BCUT2D eigenvalue weighted by molar-refractivity contribution is 0.0169. The number of hydrogen-bond acceptors (Lipinski definition) is 6. The van der Waals surface area contributed by atoms with Crippen molar-refractivity contribution >= 4 is 11.7 Å². The molecule has 1 aromatic carbocycles. The first kappa shape index (κ1) is 20.5. The van der Waals surface area contributed by atoms with Gasteiger partial charge in [0.05, 0.1) is 18.9 Å². The molecule has 2 aromatic heterocycles. The zero-order valence-corrected chi connectivity index (χ0v) is 17.9. The maximum atomic E-state index is 12.6.